The summed E-state index contributed by atoms with van der Waals surface area (Å²) in [6, 6.07) is 0. The molecule has 0 saturated carbocycles. The Morgan fingerprint density at radius 2 is 1.73 bits per heavy atom. The minimum atomic E-state index is -2.95. The lowest BCUT2D eigenvalue weighted by Crippen LogP contribution is -2.49. The van der Waals surface area contributed by atoms with Gasteiger partial charge in [0.2, 0.25) is 0 Å². The van der Waals surface area contributed by atoms with Crippen LogP contribution >= 0.6 is 0 Å². The van der Waals surface area contributed by atoms with E-state index in [4.69, 9.17) is 5.73 Å². The van der Waals surface area contributed by atoms with Gasteiger partial charge < -0.3 is 10.8 Å². The summed E-state index contributed by atoms with van der Waals surface area (Å²) in [6.07, 6.45) is 2.06. The summed E-state index contributed by atoms with van der Waals surface area (Å²) in [5.41, 5.74) is 4.22. The second-order valence-electron chi connectivity index (χ2n) is 5.22. The van der Waals surface area contributed by atoms with Crippen LogP contribution in [-0.2, 0) is 9.84 Å². The Bertz CT molecular complexity index is 292. The third-order valence-electron chi connectivity index (χ3n) is 2.84. The van der Waals surface area contributed by atoms with Gasteiger partial charge in [0.1, 0.15) is 9.84 Å². The van der Waals surface area contributed by atoms with Gasteiger partial charge in [-0.15, -0.1) is 0 Å². The standard InChI is InChI=1S/C10H23NO3S/c1-9(2,3)10(12,8-11)6-5-7-15(4,13)14/h12H,5-8,11H2,1-4H3. The Labute approximate surface area is 92.8 Å². The first-order valence-corrected chi connectivity index (χ1v) is 7.18. The van der Waals surface area contributed by atoms with Crippen LogP contribution in [0.3, 0.4) is 0 Å². The van der Waals surface area contributed by atoms with E-state index in [1.54, 1.807) is 0 Å². The number of rotatable bonds is 5. The molecule has 0 aromatic carbocycles. The maximum atomic E-state index is 10.9. The zero-order chi connectivity index (χ0) is 12.3. The van der Waals surface area contributed by atoms with E-state index in [9.17, 15) is 13.5 Å². The van der Waals surface area contributed by atoms with Gasteiger partial charge in [-0.3, -0.25) is 0 Å². The van der Waals surface area contributed by atoms with Gasteiger partial charge in [-0.2, -0.15) is 0 Å². The molecule has 0 aromatic heterocycles. The fraction of sp³-hybridized carbons (Fsp3) is 1.00. The van der Waals surface area contributed by atoms with E-state index >= 15 is 0 Å². The molecule has 0 aromatic rings. The summed E-state index contributed by atoms with van der Waals surface area (Å²) >= 11 is 0. The molecule has 4 nitrogen and oxygen atoms in total. The first kappa shape index (κ1) is 14.9. The second-order valence-corrected chi connectivity index (χ2v) is 7.48. The lowest BCUT2D eigenvalue weighted by Gasteiger charge is -2.39. The van der Waals surface area contributed by atoms with Crippen molar-refractivity contribution in [3.63, 3.8) is 0 Å². The van der Waals surface area contributed by atoms with Crippen molar-refractivity contribution in [3.8, 4) is 0 Å². The third-order valence-corrected chi connectivity index (χ3v) is 3.87. The van der Waals surface area contributed by atoms with Crippen LogP contribution in [0, 0.1) is 5.41 Å². The highest BCUT2D eigenvalue weighted by atomic mass is 32.2. The van der Waals surface area contributed by atoms with Gasteiger partial charge >= 0.3 is 0 Å². The molecule has 5 heteroatoms. The van der Waals surface area contributed by atoms with Crippen molar-refractivity contribution in [2.75, 3.05) is 18.6 Å². The van der Waals surface area contributed by atoms with Gasteiger partial charge in [-0.25, -0.2) is 8.42 Å². The van der Waals surface area contributed by atoms with Crippen LogP contribution in [0.5, 0.6) is 0 Å². The molecule has 15 heavy (non-hydrogen) atoms. The van der Waals surface area contributed by atoms with Gasteiger partial charge in [0, 0.05) is 18.6 Å². The SMILES string of the molecule is CC(C)(C)C(O)(CN)CCCS(C)(=O)=O. The summed E-state index contributed by atoms with van der Waals surface area (Å²) in [4.78, 5) is 0. The molecule has 0 saturated heterocycles. The molecule has 0 fully saturated rings. The predicted molar refractivity (Wildman–Crippen MR) is 62.4 cm³/mol. The average Bonchev–Trinajstić information content (AvgIpc) is 1.99. The molecule has 1 atom stereocenters. The number of hydrogen-bond donors (Lipinski definition) is 2. The number of nitrogens with two attached hydrogens (primary N) is 1. The minimum Gasteiger partial charge on any atom is -0.388 e. The summed E-state index contributed by atoms with van der Waals surface area (Å²) in [5, 5.41) is 10.2. The van der Waals surface area contributed by atoms with Gasteiger partial charge in [-0.05, 0) is 18.3 Å². The van der Waals surface area contributed by atoms with Crippen LogP contribution in [0.4, 0.5) is 0 Å². The minimum absolute atomic E-state index is 0.103. The van der Waals surface area contributed by atoms with Gasteiger partial charge in [0.05, 0.1) is 5.60 Å². The quantitative estimate of drug-likeness (QED) is 0.731. The Balaban J connectivity index is 4.36. The normalized spacial score (nSPS) is 17.5. The molecule has 0 rings (SSSR count). The smallest absolute Gasteiger partial charge is 0.147 e. The zero-order valence-electron chi connectivity index (χ0n) is 10.1. The largest absolute Gasteiger partial charge is 0.388 e. The second kappa shape index (κ2) is 4.80. The summed E-state index contributed by atoms with van der Waals surface area (Å²) in [6.45, 7) is 5.86. The van der Waals surface area contributed by atoms with E-state index < -0.39 is 15.4 Å². The molecule has 0 aliphatic rings. The highest BCUT2D eigenvalue weighted by Crippen LogP contribution is 2.33. The van der Waals surface area contributed by atoms with Crippen molar-refractivity contribution in [2.24, 2.45) is 11.1 Å². The number of hydrogen-bond acceptors (Lipinski definition) is 4. The van der Waals surface area contributed by atoms with E-state index in [2.05, 4.69) is 0 Å². The van der Waals surface area contributed by atoms with E-state index in [1.165, 1.54) is 6.26 Å². The maximum Gasteiger partial charge on any atom is 0.147 e. The van der Waals surface area contributed by atoms with E-state index in [1.807, 2.05) is 20.8 Å². The van der Waals surface area contributed by atoms with Crippen LogP contribution in [0.1, 0.15) is 33.6 Å². The third kappa shape index (κ3) is 4.95. The fourth-order valence-electron chi connectivity index (χ4n) is 1.41. The van der Waals surface area contributed by atoms with E-state index in [0.717, 1.165) is 0 Å². The van der Waals surface area contributed by atoms with Crippen molar-refractivity contribution in [3.05, 3.63) is 0 Å². The Morgan fingerprint density at radius 3 is 2.00 bits per heavy atom. The number of sulfone groups is 1. The topological polar surface area (TPSA) is 80.4 Å². The zero-order valence-corrected chi connectivity index (χ0v) is 10.9. The molecular weight excluding hydrogens is 214 g/mol. The molecule has 0 bridgehead atoms. The molecule has 0 radical (unpaired) electrons. The van der Waals surface area contributed by atoms with E-state index in [-0.39, 0.29) is 17.7 Å². The van der Waals surface area contributed by atoms with Crippen molar-refractivity contribution in [1.29, 1.82) is 0 Å². The molecule has 0 heterocycles. The fourth-order valence-corrected chi connectivity index (χ4v) is 2.08. The average molecular weight is 237 g/mol. The van der Waals surface area contributed by atoms with Crippen LogP contribution in [0.2, 0.25) is 0 Å². The van der Waals surface area contributed by atoms with Gasteiger partial charge in [-0.1, -0.05) is 20.8 Å². The Kier molecular flexibility index (Phi) is 4.76. The molecule has 0 amide bonds. The van der Waals surface area contributed by atoms with Crippen molar-refractivity contribution >= 4 is 9.84 Å². The maximum absolute atomic E-state index is 10.9. The van der Waals surface area contributed by atoms with Crippen molar-refractivity contribution < 1.29 is 13.5 Å². The lowest BCUT2D eigenvalue weighted by molar-refractivity contribution is -0.0565. The lowest BCUT2D eigenvalue weighted by atomic mass is 9.74. The van der Waals surface area contributed by atoms with Gasteiger partial charge in [0.15, 0.2) is 0 Å². The Hall–Kier alpha value is -0.130. The van der Waals surface area contributed by atoms with Gasteiger partial charge in [0.25, 0.3) is 0 Å². The van der Waals surface area contributed by atoms with Crippen molar-refractivity contribution in [1.82, 2.24) is 0 Å². The van der Waals surface area contributed by atoms with E-state index in [0.29, 0.717) is 12.8 Å². The summed E-state index contributed by atoms with van der Waals surface area (Å²) < 4.78 is 21.9. The molecule has 0 aliphatic heterocycles. The van der Waals surface area contributed by atoms with Crippen LogP contribution in [0.15, 0.2) is 0 Å². The van der Waals surface area contributed by atoms with Crippen LogP contribution < -0.4 is 5.73 Å². The first-order chi connectivity index (χ1) is 6.52. The Morgan fingerprint density at radius 1 is 1.27 bits per heavy atom. The monoisotopic (exact) mass is 237 g/mol. The molecule has 1 unspecified atom stereocenters. The summed E-state index contributed by atoms with van der Waals surface area (Å²) in [5.74, 6) is 0.103. The highest BCUT2D eigenvalue weighted by Gasteiger charge is 2.38. The van der Waals surface area contributed by atoms with Crippen LogP contribution in [0.25, 0.3) is 0 Å². The molecule has 0 aliphatic carbocycles. The molecule has 92 valence electrons. The molecular formula is C10H23NO3S. The van der Waals surface area contributed by atoms with Crippen molar-refractivity contribution in [2.45, 2.75) is 39.2 Å². The highest BCUT2D eigenvalue weighted by molar-refractivity contribution is 7.90. The number of aliphatic hydroxyl groups is 1. The predicted octanol–water partition coefficient (Wildman–Crippen LogP) is 0.547. The summed E-state index contributed by atoms with van der Waals surface area (Å²) in [7, 11) is -2.95. The van der Waals surface area contributed by atoms with Crippen LogP contribution in [-0.4, -0.2) is 37.7 Å². The molecule has 3 N–H and O–H groups in total. The molecule has 0 spiro atoms. The first-order valence-electron chi connectivity index (χ1n) is 5.12.